The number of aromatic nitrogens is 2. The number of nitrogens with zero attached hydrogens (tertiary/aromatic N) is 2. The number of hydrogen-bond acceptors (Lipinski definition) is 3. The van der Waals surface area contributed by atoms with E-state index in [9.17, 15) is 8.42 Å². The van der Waals surface area contributed by atoms with Gasteiger partial charge in [-0.05, 0) is 37.0 Å². The summed E-state index contributed by atoms with van der Waals surface area (Å²) in [6, 6.07) is 7.08. The molecule has 1 aromatic heterocycles. The third-order valence-electron chi connectivity index (χ3n) is 3.45. The number of nitrogens with one attached hydrogen (secondary N) is 1. The van der Waals surface area contributed by atoms with Crippen molar-refractivity contribution in [3.63, 3.8) is 0 Å². The zero-order valence-electron chi connectivity index (χ0n) is 13.5. The van der Waals surface area contributed by atoms with Crippen molar-refractivity contribution in [2.45, 2.75) is 38.6 Å². The van der Waals surface area contributed by atoms with Gasteiger partial charge in [0.1, 0.15) is 0 Å². The lowest BCUT2D eigenvalue weighted by molar-refractivity contribution is 0.581. The van der Waals surface area contributed by atoms with E-state index < -0.39 is 10.0 Å². The van der Waals surface area contributed by atoms with E-state index in [1.807, 2.05) is 32.3 Å². The molecule has 6 heteroatoms. The second-order valence-electron chi connectivity index (χ2n) is 5.98. The van der Waals surface area contributed by atoms with Crippen molar-refractivity contribution < 1.29 is 8.42 Å². The largest absolute Gasteiger partial charge is 0.275 e. The predicted molar refractivity (Wildman–Crippen MR) is 87.0 cm³/mol. The van der Waals surface area contributed by atoms with Crippen LogP contribution in [0.2, 0.25) is 0 Å². The van der Waals surface area contributed by atoms with E-state index in [1.54, 1.807) is 16.8 Å². The SMILES string of the molecule is Cc1nn(C)cc1CNS(=O)(=O)c1ccc(CC(C)C)cc1. The third kappa shape index (κ3) is 4.18. The van der Waals surface area contributed by atoms with Crippen molar-refractivity contribution in [2.75, 3.05) is 0 Å². The summed E-state index contributed by atoms with van der Waals surface area (Å²) in [7, 11) is -1.68. The van der Waals surface area contributed by atoms with E-state index in [0.717, 1.165) is 23.2 Å². The summed E-state index contributed by atoms with van der Waals surface area (Å²) in [5, 5.41) is 4.21. The van der Waals surface area contributed by atoms with Gasteiger partial charge in [0.05, 0.1) is 10.6 Å². The van der Waals surface area contributed by atoms with Gasteiger partial charge in [-0.3, -0.25) is 4.68 Å². The second-order valence-corrected chi connectivity index (χ2v) is 7.75. The Morgan fingerprint density at radius 1 is 1.23 bits per heavy atom. The highest BCUT2D eigenvalue weighted by molar-refractivity contribution is 7.89. The fourth-order valence-corrected chi connectivity index (χ4v) is 3.36. The van der Waals surface area contributed by atoms with Gasteiger partial charge in [0, 0.05) is 25.4 Å². The molecule has 5 nitrogen and oxygen atoms in total. The van der Waals surface area contributed by atoms with Gasteiger partial charge in [0.15, 0.2) is 0 Å². The minimum Gasteiger partial charge on any atom is -0.275 e. The molecular formula is C16H23N3O2S. The Hall–Kier alpha value is -1.66. The van der Waals surface area contributed by atoms with Crippen LogP contribution in [0.15, 0.2) is 35.4 Å². The molecule has 0 aliphatic heterocycles. The van der Waals surface area contributed by atoms with Crippen LogP contribution in [0.25, 0.3) is 0 Å². The molecule has 0 fully saturated rings. The summed E-state index contributed by atoms with van der Waals surface area (Å²) in [5.41, 5.74) is 2.86. The van der Waals surface area contributed by atoms with E-state index in [0.29, 0.717) is 10.8 Å². The average molecular weight is 321 g/mol. The maximum Gasteiger partial charge on any atom is 0.240 e. The first-order chi connectivity index (χ1) is 10.3. The van der Waals surface area contributed by atoms with E-state index in [2.05, 4.69) is 23.7 Å². The lowest BCUT2D eigenvalue weighted by Crippen LogP contribution is -2.23. The Morgan fingerprint density at radius 3 is 2.36 bits per heavy atom. The zero-order valence-corrected chi connectivity index (χ0v) is 14.3. The standard InChI is InChI=1S/C16H23N3O2S/c1-12(2)9-14-5-7-16(8-6-14)22(20,21)17-10-15-11-19(4)18-13(15)3/h5-8,11-12,17H,9-10H2,1-4H3. The summed E-state index contributed by atoms with van der Waals surface area (Å²) >= 11 is 0. The molecule has 1 aromatic carbocycles. The molecule has 2 aromatic rings. The summed E-state index contributed by atoms with van der Waals surface area (Å²) in [4.78, 5) is 0.293. The van der Waals surface area contributed by atoms with Crippen LogP contribution in [-0.4, -0.2) is 18.2 Å². The highest BCUT2D eigenvalue weighted by atomic mass is 32.2. The molecule has 0 spiro atoms. The van der Waals surface area contributed by atoms with Crippen LogP contribution in [0.5, 0.6) is 0 Å². The van der Waals surface area contributed by atoms with E-state index in [1.165, 1.54) is 0 Å². The topological polar surface area (TPSA) is 64.0 Å². The molecule has 120 valence electrons. The minimum absolute atomic E-state index is 0.246. The quantitative estimate of drug-likeness (QED) is 0.888. The number of aryl methyl sites for hydroxylation is 2. The van der Waals surface area contributed by atoms with Crippen LogP contribution in [-0.2, 0) is 30.0 Å². The molecule has 2 rings (SSSR count). The van der Waals surface area contributed by atoms with Gasteiger partial charge >= 0.3 is 0 Å². The van der Waals surface area contributed by atoms with Crippen molar-refractivity contribution >= 4 is 10.0 Å². The van der Waals surface area contributed by atoms with Crippen molar-refractivity contribution in [2.24, 2.45) is 13.0 Å². The third-order valence-corrected chi connectivity index (χ3v) is 4.86. The number of sulfonamides is 1. The van der Waals surface area contributed by atoms with Crippen LogP contribution in [0.4, 0.5) is 0 Å². The fraction of sp³-hybridized carbons (Fsp3) is 0.438. The van der Waals surface area contributed by atoms with Gasteiger partial charge in [0.2, 0.25) is 10.0 Å². The van der Waals surface area contributed by atoms with Crippen molar-refractivity contribution in [1.82, 2.24) is 14.5 Å². The van der Waals surface area contributed by atoms with E-state index in [-0.39, 0.29) is 6.54 Å². The molecule has 0 unspecified atom stereocenters. The van der Waals surface area contributed by atoms with Gasteiger partial charge in [-0.2, -0.15) is 5.10 Å². The van der Waals surface area contributed by atoms with Crippen molar-refractivity contribution in [3.05, 3.63) is 47.3 Å². The lowest BCUT2D eigenvalue weighted by atomic mass is 10.0. The van der Waals surface area contributed by atoms with Crippen molar-refractivity contribution in [1.29, 1.82) is 0 Å². The van der Waals surface area contributed by atoms with Gasteiger partial charge < -0.3 is 0 Å². The molecule has 0 saturated carbocycles. The van der Waals surface area contributed by atoms with Crippen LogP contribution < -0.4 is 4.72 Å². The van der Waals surface area contributed by atoms with Crippen LogP contribution >= 0.6 is 0 Å². The summed E-state index contributed by atoms with van der Waals surface area (Å²) in [6.45, 7) is 6.39. The Bertz CT molecular complexity index is 731. The van der Waals surface area contributed by atoms with Gasteiger partial charge in [-0.15, -0.1) is 0 Å². The molecule has 0 radical (unpaired) electrons. The minimum atomic E-state index is -3.50. The first kappa shape index (κ1) is 16.7. The number of benzene rings is 1. The van der Waals surface area contributed by atoms with Crippen LogP contribution in [0.1, 0.15) is 30.7 Å². The Kier molecular flexibility index (Phi) is 5.03. The maximum atomic E-state index is 12.3. The first-order valence-electron chi connectivity index (χ1n) is 7.35. The highest BCUT2D eigenvalue weighted by Gasteiger charge is 2.15. The molecule has 0 saturated heterocycles. The fourth-order valence-electron chi connectivity index (χ4n) is 2.35. The molecule has 0 atom stereocenters. The molecule has 1 heterocycles. The molecule has 22 heavy (non-hydrogen) atoms. The lowest BCUT2D eigenvalue weighted by Gasteiger charge is -2.08. The molecular weight excluding hydrogens is 298 g/mol. The Balaban J connectivity index is 2.08. The Labute approximate surface area is 132 Å². The normalized spacial score (nSPS) is 12.0. The monoisotopic (exact) mass is 321 g/mol. The zero-order chi connectivity index (χ0) is 16.3. The smallest absolute Gasteiger partial charge is 0.240 e. The second kappa shape index (κ2) is 6.62. The highest BCUT2D eigenvalue weighted by Crippen LogP contribution is 2.14. The predicted octanol–water partition coefficient (Wildman–Crippen LogP) is 2.41. The molecule has 0 amide bonds. The van der Waals surface area contributed by atoms with Crippen LogP contribution in [0, 0.1) is 12.8 Å². The molecule has 0 bridgehead atoms. The first-order valence-corrected chi connectivity index (χ1v) is 8.84. The van der Waals surface area contributed by atoms with Crippen LogP contribution in [0.3, 0.4) is 0 Å². The summed E-state index contributed by atoms with van der Waals surface area (Å²) in [5.74, 6) is 0.550. The van der Waals surface area contributed by atoms with E-state index >= 15 is 0 Å². The number of hydrogen-bond donors (Lipinski definition) is 1. The van der Waals surface area contributed by atoms with Gasteiger partial charge in [0.25, 0.3) is 0 Å². The average Bonchev–Trinajstić information content (AvgIpc) is 2.75. The Morgan fingerprint density at radius 2 is 1.86 bits per heavy atom. The maximum absolute atomic E-state index is 12.3. The molecule has 0 aliphatic carbocycles. The summed E-state index contributed by atoms with van der Waals surface area (Å²) < 4.78 is 28.9. The van der Waals surface area contributed by atoms with Gasteiger partial charge in [-0.1, -0.05) is 26.0 Å². The molecule has 1 N–H and O–H groups in total. The van der Waals surface area contributed by atoms with E-state index in [4.69, 9.17) is 0 Å². The van der Waals surface area contributed by atoms with Crippen molar-refractivity contribution in [3.8, 4) is 0 Å². The van der Waals surface area contributed by atoms with Gasteiger partial charge in [-0.25, -0.2) is 13.1 Å². The molecule has 0 aliphatic rings. The summed E-state index contributed by atoms with van der Waals surface area (Å²) in [6.07, 6.45) is 2.77. The number of rotatable bonds is 6.